The summed E-state index contributed by atoms with van der Waals surface area (Å²) in [6, 6.07) is 16.3. The third-order valence-corrected chi connectivity index (χ3v) is 5.14. The number of aromatic nitrogens is 3. The molecule has 2 aromatic carbocycles. The lowest BCUT2D eigenvalue weighted by Gasteiger charge is -2.07. The molecule has 0 atom stereocenters. The third kappa shape index (κ3) is 5.68. The lowest BCUT2D eigenvalue weighted by Crippen LogP contribution is -2.17. The van der Waals surface area contributed by atoms with Gasteiger partial charge in [0.05, 0.1) is 18.8 Å². The Morgan fingerprint density at radius 3 is 2.48 bits per heavy atom. The molecule has 0 radical (unpaired) electrons. The van der Waals surface area contributed by atoms with Gasteiger partial charge in [-0.1, -0.05) is 42.1 Å². The Hall–Kier alpha value is -3.13. The van der Waals surface area contributed by atoms with Gasteiger partial charge in [0.25, 0.3) is 0 Å². The first-order valence-electron chi connectivity index (χ1n) is 9.19. The van der Waals surface area contributed by atoms with Gasteiger partial charge in [-0.15, -0.1) is 10.2 Å². The fourth-order valence-electron chi connectivity index (χ4n) is 2.61. The maximum Gasteiger partial charge on any atom is 0.232 e. The van der Waals surface area contributed by atoms with E-state index in [1.54, 1.807) is 48.0 Å². The van der Waals surface area contributed by atoms with E-state index in [1.807, 2.05) is 25.1 Å². The Morgan fingerprint density at radius 2 is 1.79 bits per heavy atom. The number of carbonyl (C=O) groups excluding carboxylic acids is 2. The molecular weight excluding hydrogens is 388 g/mol. The maximum atomic E-state index is 12.3. The lowest BCUT2D eigenvalue weighted by molar-refractivity contribution is -0.115. The van der Waals surface area contributed by atoms with E-state index in [0.29, 0.717) is 28.8 Å². The van der Waals surface area contributed by atoms with Crippen LogP contribution < -0.4 is 10.1 Å². The highest BCUT2D eigenvalue weighted by Crippen LogP contribution is 2.19. The standard InChI is InChI=1S/C21H22N4O3S/c1-3-28-17-11-9-16(10-12-17)22-20(27)13-19-23-24-21(25(19)2)29-14-18(26)15-7-5-4-6-8-15/h4-12H,3,13-14H2,1-2H3,(H,22,27). The minimum absolute atomic E-state index is 0.0217. The van der Waals surface area contributed by atoms with Crippen LogP contribution in [0.4, 0.5) is 5.69 Å². The van der Waals surface area contributed by atoms with Crippen molar-refractivity contribution in [2.45, 2.75) is 18.5 Å². The van der Waals surface area contributed by atoms with Crippen LogP contribution in [0.25, 0.3) is 0 Å². The predicted octanol–water partition coefficient (Wildman–Crippen LogP) is 3.37. The van der Waals surface area contributed by atoms with E-state index in [0.717, 1.165) is 5.75 Å². The van der Waals surface area contributed by atoms with Crippen LogP contribution in [0.15, 0.2) is 59.8 Å². The summed E-state index contributed by atoms with van der Waals surface area (Å²) in [6.07, 6.45) is 0.0872. The van der Waals surface area contributed by atoms with Gasteiger partial charge < -0.3 is 14.6 Å². The van der Waals surface area contributed by atoms with E-state index in [4.69, 9.17) is 4.74 Å². The molecule has 1 heterocycles. The summed E-state index contributed by atoms with van der Waals surface area (Å²) in [5, 5.41) is 11.6. The van der Waals surface area contributed by atoms with Gasteiger partial charge >= 0.3 is 0 Å². The summed E-state index contributed by atoms with van der Waals surface area (Å²) in [5.74, 6) is 1.37. The molecule has 3 aromatic rings. The number of ketones is 1. The Morgan fingerprint density at radius 1 is 1.07 bits per heavy atom. The van der Waals surface area contributed by atoms with Crippen molar-refractivity contribution in [3.63, 3.8) is 0 Å². The molecule has 0 fully saturated rings. The molecule has 0 saturated heterocycles. The zero-order valence-corrected chi connectivity index (χ0v) is 17.1. The van der Waals surface area contributed by atoms with Crippen molar-refractivity contribution >= 4 is 29.1 Å². The molecule has 1 aromatic heterocycles. The molecule has 150 valence electrons. The zero-order valence-electron chi connectivity index (χ0n) is 16.3. The molecule has 1 amide bonds. The zero-order chi connectivity index (χ0) is 20.6. The van der Waals surface area contributed by atoms with Crippen molar-refractivity contribution in [2.24, 2.45) is 7.05 Å². The Bertz CT molecular complexity index is 971. The van der Waals surface area contributed by atoms with Crippen molar-refractivity contribution in [2.75, 3.05) is 17.7 Å². The highest BCUT2D eigenvalue weighted by Gasteiger charge is 2.15. The molecule has 0 spiro atoms. The average Bonchev–Trinajstić information content (AvgIpc) is 3.08. The van der Waals surface area contributed by atoms with Gasteiger partial charge in [0.15, 0.2) is 10.9 Å². The van der Waals surface area contributed by atoms with Gasteiger partial charge in [0.1, 0.15) is 11.6 Å². The van der Waals surface area contributed by atoms with Crippen LogP contribution >= 0.6 is 11.8 Å². The molecule has 0 bridgehead atoms. The maximum absolute atomic E-state index is 12.3. The number of hydrogen-bond acceptors (Lipinski definition) is 6. The second-order valence-electron chi connectivity index (χ2n) is 6.22. The van der Waals surface area contributed by atoms with E-state index in [9.17, 15) is 9.59 Å². The minimum Gasteiger partial charge on any atom is -0.494 e. The molecular formula is C21H22N4O3S. The van der Waals surface area contributed by atoms with Gasteiger partial charge in [-0.05, 0) is 31.2 Å². The van der Waals surface area contributed by atoms with Crippen LogP contribution in [0, 0.1) is 0 Å². The van der Waals surface area contributed by atoms with E-state index in [1.165, 1.54) is 11.8 Å². The monoisotopic (exact) mass is 410 g/mol. The minimum atomic E-state index is -0.193. The SMILES string of the molecule is CCOc1ccc(NC(=O)Cc2nnc(SCC(=O)c3ccccc3)n2C)cc1. The molecule has 1 N–H and O–H groups in total. The Balaban J connectivity index is 1.54. The van der Waals surface area contributed by atoms with E-state index in [-0.39, 0.29) is 23.9 Å². The summed E-state index contributed by atoms with van der Waals surface area (Å²) >= 11 is 1.30. The van der Waals surface area contributed by atoms with Crippen LogP contribution in [-0.4, -0.2) is 38.8 Å². The van der Waals surface area contributed by atoms with Crippen molar-refractivity contribution < 1.29 is 14.3 Å². The highest BCUT2D eigenvalue weighted by atomic mass is 32.2. The molecule has 3 rings (SSSR count). The largest absolute Gasteiger partial charge is 0.494 e. The normalized spacial score (nSPS) is 10.6. The van der Waals surface area contributed by atoms with Crippen molar-refractivity contribution in [1.29, 1.82) is 0 Å². The van der Waals surface area contributed by atoms with Crippen LogP contribution in [0.5, 0.6) is 5.75 Å². The van der Waals surface area contributed by atoms with E-state index >= 15 is 0 Å². The first kappa shape index (κ1) is 20.6. The van der Waals surface area contributed by atoms with Crippen molar-refractivity contribution in [3.05, 3.63) is 66.0 Å². The molecule has 0 unspecified atom stereocenters. The van der Waals surface area contributed by atoms with Gasteiger partial charge in [0, 0.05) is 18.3 Å². The summed E-state index contributed by atoms with van der Waals surface area (Å²) < 4.78 is 7.12. The molecule has 8 heteroatoms. The average molecular weight is 410 g/mol. The summed E-state index contributed by atoms with van der Waals surface area (Å²) in [4.78, 5) is 24.6. The number of nitrogens with zero attached hydrogens (tertiary/aromatic N) is 3. The topological polar surface area (TPSA) is 86.1 Å². The number of thioether (sulfide) groups is 1. The number of hydrogen-bond donors (Lipinski definition) is 1. The number of Topliss-reactive ketones (excluding diaryl/α,β-unsaturated/α-hetero) is 1. The number of benzene rings is 2. The second-order valence-corrected chi connectivity index (χ2v) is 7.16. The van der Waals surface area contributed by atoms with E-state index in [2.05, 4.69) is 15.5 Å². The van der Waals surface area contributed by atoms with E-state index < -0.39 is 0 Å². The van der Waals surface area contributed by atoms with Crippen molar-refractivity contribution in [1.82, 2.24) is 14.8 Å². The molecule has 0 saturated carbocycles. The number of anilines is 1. The van der Waals surface area contributed by atoms with Crippen LogP contribution in [0.3, 0.4) is 0 Å². The molecule has 0 aliphatic rings. The predicted molar refractivity (Wildman–Crippen MR) is 112 cm³/mol. The molecule has 0 aliphatic heterocycles. The number of rotatable bonds is 9. The number of nitrogens with one attached hydrogen (secondary N) is 1. The summed E-state index contributed by atoms with van der Waals surface area (Å²) in [7, 11) is 1.79. The lowest BCUT2D eigenvalue weighted by atomic mass is 10.2. The van der Waals surface area contributed by atoms with Crippen molar-refractivity contribution in [3.8, 4) is 5.75 Å². The summed E-state index contributed by atoms with van der Waals surface area (Å²) in [6.45, 7) is 2.51. The first-order chi connectivity index (χ1) is 14.1. The number of ether oxygens (including phenoxy) is 1. The Kier molecular flexibility index (Phi) is 7.02. The van der Waals surface area contributed by atoms with Gasteiger partial charge in [-0.2, -0.15) is 0 Å². The molecule has 0 aliphatic carbocycles. The van der Waals surface area contributed by atoms with Crippen LogP contribution in [-0.2, 0) is 18.3 Å². The highest BCUT2D eigenvalue weighted by molar-refractivity contribution is 7.99. The third-order valence-electron chi connectivity index (χ3n) is 4.12. The molecule has 29 heavy (non-hydrogen) atoms. The van der Waals surface area contributed by atoms with Crippen LogP contribution in [0.2, 0.25) is 0 Å². The second kappa shape index (κ2) is 9.88. The molecule has 7 nitrogen and oxygen atoms in total. The summed E-state index contributed by atoms with van der Waals surface area (Å²) in [5.41, 5.74) is 1.35. The Labute approximate surface area is 173 Å². The quantitative estimate of drug-likeness (QED) is 0.430. The number of carbonyl (C=O) groups is 2. The van der Waals surface area contributed by atoms with Gasteiger partial charge in [-0.3, -0.25) is 9.59 Å². The first-order valence-corrected chi connectivity index (χ1v) is 10.2. The number of amides is 1. The van der Waals surface area contributed by atoms with Crippen LogP contribution in [0.1, 0.15) is 23.1 Å². The fraction of sp³-hybridized carbons (Fsp3) is 0.238. The smallest absolute Gasteiger partial charge is 0.232 e. The van der Waals surface area contributed by atoms with Gasteiger partial charge in [0.2, 0.25) is 5.91 Å². The fourth-order valence-corrected chi connectivity index (χ4v) is 3.44. The van der Waals surface area contributed by atoms with Gasteiger partial charge in [-0.25, -0.2) is 0 Å².